The number of hydrogen-bond donors (Lipinski definition) is 0. The molecule has 0 saturated carbocycles. The smallest absolute Gasteiger partial charge is 0.0992 e. The molecule has 8 rings (SSSR count). The quantitative estimate of drug-likeness (QED) is 0.242. The summed E-state index contributed by atoms with van der Waals surface area (Å²) in [5.41, 5.74) is 7.37. The Labute approximate surface area is 219 Å². The molecule has 2 aromatic heterocycles. The van der Waals surface area contributed by atoms with Gasteiger partial charge in [-0.2, -0.15) is 5.26 Å². The lowest BCUT2D eigenvalue weighted by molar-refractivity contribution is 1.15. The number of benzene rings is 6. The van der Waals surface area contributed by atoms with Gasteiger partial charge in [-0.1, -0.05) is 84.9 Å². The van der Waals surface area contributed by atoms with Gasteiger partial charge in [0.1, 0.15) is 0 Å². The van der Waals surface area contributed by atoms with Crippen LogP contribution in [-0.2, 0) is 0 Å². The van der Waals surface area contributed by atoms with Crippen LogP contribution in [0.2, 0.25) is 0 Å². The van der Waals surface area contributed by atoms with E-state index in [2.05, 4.69) is 124 Å². The maximum Gasteiger partial charge on any atom is 0.0992 e. The lowest BCUT2D eigenvalue weighted by Crippen LogP contribution is -1.99. The second-order valence-corrected chi connectivity index (χ2v) is 9.76. The van der Waals surface area contributed by atoms with Crippen LogP contribution in [0.25, 0.3) is 65.8 Å². The average molecular weight is 484 g/mol. The Hall–Kier alpha value is -5.33. The number of hydrogen-bond acceptors (Lipinski definition) is 1. The van der Waals surface area contributed by atoms with Crippen LogP contribution in [0.1, 0.15) is 5.56 Å². The van der Waals surface area contributed by atoms with Gasteiger partial charge in [-0.15, -0.1) is 0 Å². The van der Waals surface area contributed by atoms with Gasteiger partial charge < -0.3 is 9.13 Å². The highest BCUT2D eigenvalue weighted by atomic mass is 15.0. The molecule has 176 valence electrons. The van der Waals surface area contributed by atoms with Crippen LogP contribution < -0.4 is 0 Å². The molecule has 0 atom stereocenters. The van der Waals surface area contributed by atoms with Crippen molar-refractivity contribution in [3.63, 3.8) is 0 Å². The van der Waals surface area contributed by atoms with E-state index in [4.69, 9.17) is 0 Å². The molecule has 0 aliphatic carbocycles. The fraction of sp³-hybridized carbons (Fsp3) is 0. The second-order valence-electron chi connectivity index (χ2n) is 9.76. The molecule has 6 aromatic carbocycles. The van der Waals surface area contributed by atoms with Crippen LogP contribution in [0.4, 0.5) is 0 Å². The van der Waals surface area contributed by atoms with Crippen LogP contribution in [0, 0.1) is 11.3 Å². The van der Waals surface area contributed by atoms with Crippen LogP contribution in [0.15, 0.2) is 127 Å². The Balaban J connectivity index is 1.62. The van der Waals surface area contributed by atoms with E-state index >= 15 is 0 Å². The monoisotopic (exact) mass is 483 g/mol. The molecule has 0 N–H and O–H groups in total. The average Bonchev–Trinajstić information content (AvgIpc) is 3.50. The number of fused-ring (bicyclic) bond motifs is 8. The number of para-hydroxylation sites is 2. The van der Waals surface area contributed by atoms with Gasteiger partial charge in [0.2, 0.25) is 0 Å². The number of aromatic nitrogens is 2. The molecule has 2 heterocycles. The van der Waals surface area contributed by atoms with Crippen LogP contribution in [0.5, 0.6) is 0 Å². The van der Waals surface area contributed by atoms with E-state index < -0.39 is 0 Å². The molecule has 0 spiro atoms. The fourth-order valence-electron chi connectivity index (χ4n) is 6.07. The molecule has 0 unspecified atom stereocenters. The lowest BCUT2D eigenvalue weighted by Gasteiger charge is -2.13. The van der Waals surface area contributed by atoms with E-state index in [1.54, 1.807) is 0 Å². The number of nitrogens with zero attached hydrogens (tertiary/aromatic N) is 3. The van der Waals surface area contributed by atoms with E-state index in [9.17, 15) is 5.26 Å². The minimum Gasteiger partial charge on any atom is -0.307 e. The maximum atomic E-state index is 9.67. The first kappa shape index (κ1) is 20.8. The molecule has 3 nitrogen and oxygen atoms in total. The largest absolute Gasteiger partial charge is 0.307 e. The summed E-state index contributed by atoms with van der Waals surface area (Å²) in [7, 11) is 0. The number of nitriles is 1. The molecular weight excluding hydrogens is 462 g/mol. The summed E-state index contributed by atoms with van der Waals surface area (Å²) in [5.74, 6) is 0. The highest BCUT2D eigenvalue weighted by molar-refractivity contribution is 6.23. The van der Waals surface area contributed by atoms with Gasteiger partial charge in [0.15, 0.2) is 0 Å². The first-order valence-electron chi connectivity index (χ1n) is 12.8. The van der Waals surface area contributed by atoms with Crippen molar-refractivity contribution in [2.24, 2.45) is 0 Å². The third-order valence-electron chi connectivity index (χ3n) is 7.69. The summed E-state index contributed by atoms with van der Waals surface area (Å²) in [4.78, 5) is 0. The normalized spacial score (nSPS) is 11.7. The van der Waals surface area contributed by atoms with Crippen molar-refractivity contribution >= 4 is 54.4 Å². The summed E-state index contributed by atoms with van der Waals surface area (Å²) >= 11 is 0. The minimum atomic E-state index is 0.649. The first-order chi connectivity index (χ1) is 18.8. The third kappa shape index (κ3) is 2.83. The maximum absolute atomic E-state index is 9.67. The lowest BCUT2D eigenvalue weighted by atomic mass is 10.1. The zero-order valence-electron chi connectivity index (χ0n) is 20.5. The molecular formula is C35H21N3. The van der Waals surface area contributed by atoms with Crippen molar-refractivity contribution in [2.45, 2.75) is 0 Å². The van der Waals surface area contributed by atoms with E-state index in [-0.39, 0.29) is 0 Å². The topological polar surface area (TPSA) is 33.6 Å². The Bertz CT molecular complexity index is 2260. The van der Waals surface area contributed by atoms with Gasteiger partial charge in [0.05, 0.1) is 33.7 Å². The second kappa shape index (κ2) is 7.83. The van der Waals surface area contributed by atoms with E-state index in [0.717, 1.165) is 27.9 Å². The number of rotatable bonds is 2. The summed E-state index contributed by atoms with van der Waals surface area (Å²) in [6.45, 7) is 0. The van der Waals surface area contributed by atoms with Crippen molar-refractivity contribution in [2.75, 3.05) is 0 Å². The van der Waals surface area contributed by atoms with E-state index in [1.165, 1.54) is 37.8 Å². The van der Waals surface area contributed by atoms with Crippen LogP contribution >= 0.6 is 0 Å². The minimum absolute atomic E-state index is 0.649. The van der Waals surface area contributed by atoms with Crippen molar-refractivity contribution in [3.8, 4) is 17.4 Å². The van der Waals surface area contributed by atoms with Gasteiger partial charge >= 0.3 is 0 Å². The van der Waals surface area contributed by atoms with Gasteiger partial charge in [-0.05, 0) is 53.2 Å². The Kier molecular flexibility index (Phi) is 4.29. The van der Waals surface area contributed by atoms with Gasteiger partial charge in [-0.25, -0.2) is 0 Å². The van der Waals surface area contributed by atoms with E-state index in [0.29, 0.717) is 5.56 Å². The first-order valence-corrected chi connectivity index (χ1v) is 12.8. The Morgan fingerprint density at radius 1 is 0.447 bits per heavy atom. The molecule has 0 saturated heterocycles. The SMILES string of the molecule is N#Cc1cccc(-n2c3ccccc3c3ccc4c5ccccc5n(-c5ccc6ccccc6c5)c4c32)c1. The van der Waals surface area contributed by atoms with Gasteiger partial charge in [0, 0.05) is 32.9 Å². The van der Waals surface area contributed by atoms with Crippen LogP contribution in [0.3, 0.4) is 0 Å². The van der Waals surface area contributed by atoms with Crippen molar-refractivity contribution in [3.05, 3.63) is 133 Å². The summed E-state index contributed by atoms with van der Waals surface area (Å²) in [6, 6.07) is 47.1. The molecule has 3 heteroatoms. The highest BCUT2D eigenvalue weighted by Crippen LogP contribution is 2.41. The predicted octanol–water partition coefficient (Wildman–Crippen LogP) is 8.91. The van der Waals surface area contributed by atoms with E-state index in [1.807, 2.05) is 18.2 Å². The predicted molar refractivity (Wildman–Crippen MR) is 157 cm³/mol. The molecule has 38 heavy (non-hydrogen) atoms. The van der Waals surface area contributed by atoms with Crippen molar-refractivity contribution in [1.82, 2.24) is 9.13 Å². The fourth-order valence-corrected chi connectivity index (χ4v) is 6.07. The van der Waals surface area contributed by atoms with Gasteiger partial charge in [-0.3, -0.25) is 0 Å². The standard InChI is InChI=1S/C35H21N3/c36-22-23-8-7-11-26(20-23)37-32-14-5-3-12-28(32)30-18-19-31-29-13-4-6-15-33(29)38(35(31)34(30)37)27-17-16-24-9-1-2-10-25(24)21-27/h1-21H. The summed E-state index contributed by atoms with van der Waals surface area (Å²) in [6.07, 6.45) is 0. The molecule has 8 aromatic rings. The molecule has 0 amide bonds. The molecule has 0 fully saturated rings. The third-order valence-corrected chi connectivity index (χ3v) is 7.69. The van der Waals surface area contributed by atoms with Crippen molar-refractivity contribution in [1.29, 1.82) is 5.26 Å². The molecule has 0 aliphatic rings. The molecule has 0 aliphatic heterocycles. The highest BCUT2D eigenvalue weighted by Gasteiger charge is 2.21. The Morgan fingerprint density at radius 2 is 1.03 bits per heavy atom. The molecule has 0 bridgehead atoms. The zero-order valence-corrected chi connectivity index (χ0v) is 20.5. The zero-order chi connectivity index (χ0) is 25.2. The summed E-state index contributed by atoms with van der Waals surface area (Å²) < 4.78 is 4.73. The summed E-state index contributed by atoms with van der Waals surface area (Å²) in [5, 5.41) is 16.9. The van der Waals surface area contributed by atoms with Crippen LogP contribution in [-0.4, -0.2) is 9.13 Å². The van der Waals surface area contributed by atoms with Crippen molar-refractivity contribution < 1.29 is 0 Å². The van der Waals surface area contributed by atoms with Gasteiger partial charge in [0.25, 0.3) is 0 Å². The Morgan fingerprint density at radius 3 is 1.68 bits per heavy atom. The molecule has 0 radical (unpaired) electrons.